The molecule has 17 heavy (non-hydrogen) atoms. The molecule has 0 saturated carbocycles. The molecule has 5 heteroatoms. The van der Waals surface area contributed by atoms with Crippen LogP contribution in [0.5, 0.6) is 0 Å². The molecule has 0 radical (unpaired) electrons. The number of amides is 3. The highest BCUT2D eigenvalue weighted by Crippen LogP contribution is 2.11. The van der Waals surface area contributed by atoms with Gasteiger partial charge >= 0.3 is 0 Å². The van der Waals surface area contributed by atoms with E-state index in [1.165, 1.54) is 12.2 Å². The summed E-state index contributed by atoms with van der Waals surface area (Å²) in [5.41, 5.74) is 6.26. The van der Waals surface area contributed by atoms with Gasteiger partial charge in [0, 0.05) is 17.7 Å². The van der Waals surface area contributed by atoms with Crippen LogP contribution in [0.25, 0.3) is 0 Å². The predicted molar refractivity (Wildman–Crippen MR) is 59.7 cm³/mol. The van der Waals surface area contributed by atoms with Crippen molar-refractivity contribution in [3.8, 4) is 0 Å². The van der Waals surface area contributed by atoms with Gasteiger partial charge in [-0.1, -0.05) is 12.1 Å². The molecule has 1 aromatic carbocycles. The Morgan fingerprint density at radius 2 is 1.59 bits per heavy atom. The van der Waals surface area contributed by atoms with Crippen molar-refractivity contribution in [3.05, 3.63) is 47.5 Å². The lowest BCUT2D eigenvalue weighted by atomic mass is 10.1. The van der Waals surface area contributed by atoms with Crippen LogP contribution in [0, 0.1) is 0 Å². The Morgan fingerprint density at radius 3 is 2.06 bits per heavy atom. The molecule has 3 amide bonds. The van der Waals surface area contributed by atoms with Gasteiger partial charge in [0.25, 0.3) is 11.8 Å². The molecule has 86 valence electrons. The van der Waals surface area contributed by atoms with E-state index in [1.54, 1.807) is 24.3 Å². The smallest absolute Gasteiger partial charge is 0.253 e. The first kappa shape index (κ1) is 11.1. The number of carbonyl (C=O) groups excluding carboxylic acids is 3. The molecular weight excluding hydrogens is 220 g/mol. The number of benzene rings is 1. The van der Waals surface area contributed by atoms with Crippen LogP contribution in [0.4, 0.5) is 0 Å². The summed E-state index contributed by atoms with van der Waals surface area (Å²) in [6, 6.07) is 6.46. The average Bonchev–Trinajstić information content (AvgIpc) is 2.61. The molecule has 1 heterocycles. The second-order valence-electron chi connectivity index (χ2n) is 3.66. The minimum absolute atomic E-state index is 0.198. The largest absolute Gasteiger partial charge is 0.366 e. The van der Waals surface area contributed by atoms with Gasteiger partial charge in [-0.05, 0) is 17.7 Å². The van der Waals surface area contributed by atoms with E-state index in [0.29, 0.717) is 5.56 Å². The quantitative estimate of drug-likeness (QED) is 0.754. The van der Waals surface area contributed by atoms with Crippen LogP contribution in [0.2, 0.25) is 0 Å². The zero-order chi connectivity index (χ0) is 12.4. The topological polar surface area (TPSA) is 80.5 Å². The van der Waals surface area contributed by atoms with Crippen LogP contribution in [0.15, 0.2) is 36.4 Å². The molecule has 2 rings (SSSR count). The van der Waals surface area contributed by atoms with Crippen molar-refractivity contribution in [1.29, 1.82) is 0 Å². The molecular formula is C12H10N2O3. The van der Waals surface area contributed by atoms with E-state index >= 15 is 0 Å². The number of rotatable bonds is 3. The molecule has 0 fully saturated rings. The van der Waals surface area contributed by atoms with Crippen molar-refractivity contribution in [2.24, 2.45) is 5.73 Å². The highest BCUT2D eigenvalue weighted by Gasteiger charge is 2.23. The number of nitrogens with zero attached hydrogens (tertiary/aromatic N) is 1. The fourth-order valence-electron chi connectivity index (χ4n) is 1.54. The van der Waals surface area contributed by atoms with E-state index < -0.39 is 5.91 Å². The predicted octanol–water partition coefficient (Wildman–Crippen LogP) is 0.210. The van der Waals surface area contributed by atoms with Crippen molar-refractivity contribution >= 4 is 17.7 Å². The summed E-state index contributed by atoms with van der Waals surface area (Å²) in [4.78, 5) is 34.6. The van der Waals surface area contributed by atoms with Gasteiger partial charge in [0.2, 0.25) is 5.91 Å². The zero-order valence-corrected chi connectivity index (χ0v) is 8.92. The van der Waals surface area contributed by atoms with Gasteiger partial charge in [-0.25, -0.2) is 0 Å². The zero-order valence-electron chi connectivity index (χ0n) is 8.92. The van der Waals surface area contributed by atoms with Crippen molar-refractivity contribution in [3.63, 3.8) is 0 Å². The maximum absolute atomic E-state index is 11.3. The Kier molecular flexibility index (Phi) is 2.74. The van der Waals surface area contributed by atoms with Crippen molar-refractivity contribution in [2.45, 2.75) is 6.54 Å². The third kappa shape index (κ3) is 2.23. The third-order valence-corrected chi connectivity index (χ3v) is 2.48. The van der Waals surface area contributed by atoms with Gasteiger partial charge in [0.1, 0.15) is 0 Å². The molecule has 1 aromatic rings. The second kappa shape index (κ2) is 4.21. The monoisotopic (exact) mass is 230 g/mol. The molecule has 1 aliphatic heterocycles. The number of hydrogen-bond donors (Lipinski definition) is 1. The number of carbonyl (C=O) groups is 3. The van der Waals surface area contributed by atoms with Crippen LogP contribution < -0.4 is 5.73 Å². The van der Waals surface area contributed by atoms with Gasteiger partial charge in [0.15, 0.2) is 0 Å². The lowest BCUT2D eigenvalue weighted by molar-refractivity contribution is -0.137. The van der Waals surface area contributed by atoms with Crippen LogP contribution in [0.1, 0.15) is 15.9 Å². The summed E-state index contributed by atoms with van der Waals surface area (Å²) < 4.78 is 0. The Labute approximate surface area is 97.5 Å². The number of nitrogens with two attached hydrogens (primary N) is 1. The van der Waals surface area contributed by atoms with E-state index in [9.17, 15) is 14.4 Å². The van der Waals surface area contributed by atoms with Crippen LogP contribution in [-0.2, 0) is 16.1 Å². The normalized spacial score (nSPS) is 14.5. The summed E-state index contributed by atoms with van der Waals surface area (Å²) in [7, 11) is 0. The van der Waals surface area contributed by atoms with Crippen LogP contribution in [0.3, 0.4) is 0 Å². The molecule has 0 unspecified atom stereocenters. The minimum atomic E-state index is -0.508. The van der Waals surface area contributed by atoms with Gasteiger partial charge in [-0.3, -0.25) is 19.3 Å². The Hall–Kier alpha value is -2.43. The average molecular weight is 230 g/mol. The maximum atomic E-state index is 11.3. The lowest BCUT2D eigenvalue weighted by Crippen LogP contribution is -2.29. The first-order valence-corrected chi connectivity index (χ1v) is 5.00. The van der Waals surface area contributed by atoms with E-state index in [0.717, 1.165) is 10.5 Å². The molecule has 0 atom stereocenters. The lowest BCUT2D eigenvalue weighted by Gasteiger charge is -2.13. The highest BCUT2D eigenvalue weighted by molar-refractivity contribution is 6.12. The maximum Gasteiger partial charge on any atom is 0.253 e. The van der Waals surface area contributed by atoms with E-state index in [4.69, 9.17) is 5.73 Å². The number of hydrogen-bond acceptors (Lipinski definition) is 3. The Balaban J connectivity index is 2.12. The molecule has 0 bridgehead atoms. The summed E-state index contributed by atoms with van der Waals surface area (Å²) in [6.07, 6.45) is 2.47. The molecule has 1 aliphatic rings. The van der Waals surface area contributed by atoms with Gasteiger partial charge in [-0.2, -0.15) is 0 Å². The minimum Gasteiger partial charge on any atom is -0.366 e. The first-order chi connectivity index (χ1) is 8.08. The molecule has 0 aliphatic carbocycles. The molecule has 0 spiro atoms. The van der Waals surface area contributed by atoms with Crippen LogP contribution in [-0.4, -0.2) is 22.6 Å². The number of imide groups is 1. The van der Waals surface area contributed by atoms with Crippen LogP contribution >= 0.6 is 0 Å². The second-order valence-corrected chi connectivity index (χ2v) is 3.66. The molecule has 0 aromatic heterocycles. The summed E-state index contributed by atoms with van der Waals surface area (Å²) in [5, 5.41) is 0. The fraction of sp³-hybridized carbons (Fsp3) is 0.0833. The van der Waals surface area contributed by atoms with Gasteiger partial charge < -0.3 is 5.73 Å². The summed E-state index contributed by atoms with van der Waals surface area (Å²) in [6.45, 7) is 0.198. The van der Waals surface area contributed by atoms with E-state index in [1.807, 2.05) is 0 Å². The summed E-state index contributed by atoms with van der Waals surface area (Å²) >= 11 is 0. The van der Waals surface area contributed by atoms with Crippen molar-refractivity contribution in [2.75, 3.05) is 0 Å². The highest BCUT2D eigenvalue weighted by atomic mass is 16.2. The SMILES string of the molecule is NC(=O)c1ccc(CN2C(=O)C=CC2=O)cc1. The van der Waals surface area contributed by atoms with Crippen molar-refractivity contribution < 1.29 is 14.4 Å². The Morgan fingerprint density at radius 1 is 1.06 bits per heavy atom. The van der Waals surface area contributed by atoms with Gasteiger partial charge in [-0.15, -0.1) is 0 Å². The molecule has 0 saturated heterocycles. The molecule has 2 N–H and O–H groups in total. The summed E-state index contributed by atoms with van der Waals surface area (Å²) in [5.74, 6) is -1.16. The van der Waals surface area contributed by atoms with E-state index in [2.05, 4.69) is 0 Å². The standard InChI is InChI=1S/C12H10N2O3/c13-12(17)9-3-1-8(2-4-9)7-14-10(15)5-6-11(14)16/h1-6H,7H2,(H2,13,17). The number of primary amides is 1. The van der Waals surface area contributed by atoms with Gasteiger partial charge in [0.05, 0.1) is 6.54 Å². The van der Waals surface area contributed by atoms with E-state index in [-0.39, 0.29) is 18.4 Å². The fourth-order valence-corrected chi connectivity index (χ4v) is 1.54. The van der Waals surface area contributed by atoms with Crippen molar-refractivity contribution in [1.82, 2.24) is 4.90 Å². The first-order valence-electron chi connectivity index (χ1n) is 5.00. The third-order valence-electron chi connectivity index (χ3n) is 2.48. The molecule has 5 nitrogen and oxygen atoms in total. The Bertz CT molecular complexity index is 499.